The molecule has 0 bridgehead atoms. The topological polar surface area (TPSA) is 38.7 Å². The molecule has 1 fully saturated rings. The van der Waals surface area contributed by atoms with Gasteiger partial charge in [0.15, 0.2) is 11.5 Å². The Bertz CT molecular complexity index is 749. The molecule has 1 N–H and O–H groups in total. The minimum atomic E-state index is -0.460. The van der Waals surface area contributed by atoms with E-state index in [1.165, 1.54) is 30.6 Å². The molecule has 138 valence electrons. The standard InChI is InChI=1S/C22H26O3S/c1-26-17-10-8-15(9-11-17)18-12-20-21(25-14-24-20)13-19(18)22(23)16-6-4-2-3-5-7-16/h8-13,16,22-23H,2-7,14H2,1H3. The first kappa shape index (κ1) is 17.7. The van der Waals surface area contributed by atoms with E-state index in [-0.39, 0.29) is 6.79 Å². The van der Waals surface area contributed by atoms with E-state index in [4.69, 9.17) is 9.47 Å². The summed E-state index contributed by atoms with van der Waals surface area (Å²) in [4.78, 5) is 1.24. The van der Waals surface area contributed by atoms with Crippen LogP contribution in [0.15, 0.2) is 41.3 Å². The van der Waals surface area contributed by atoms with Crippen LogP contribution in [-0.2, 0) is 0 Å². The summed E-state index contributed by atoms with van der Waals surface area (Å²) < 4.78 is 11.2. The van der Waals surface area contributed by atoms with Gasteiger partial charge in [0.25, 0.3) is 0 Å². The molecule has 2 aliphatic rings. The quantitative estimate of drug-likeness (QED) is 0.545. The molecule has 1 atom stereocenters. The zero-order valence-electron chi connectivity index (χ0n) is 15.2. The van der Waals surface area contributed by atoms with Gasteiger partial charge < -0.3 is 14.6 Å². The zero-order valence-corrected chi connectivity index (χ0v) is 16.1. The normalized spacial score (nSPS) is 18.5. The van der Waals surface area contributed by atoms with Gasteiger partial charge in [0, 0.05) is 4.90 Å². The van der Waals surface area contributed by atoms with Crippen molar-refractivity contribution in [1.82, 2.24) is 0 Å². The van der Waals surface area contributed by atoms with Crippen molar-refractivity contribution in [1.29, 1.82) is 0 Å². The fourth-order valence-corrected chi connectivity index (χ4v) is 4.51. The van der Waals surface area contributed by atoms with Crippen molar-refractivity contribution in [3.05, 3.63) is 42.0 Å². The molecule has 1 unspecified atom stereocenters. The van der Waals surface area contributed by atoms with Crippen LogP contribution in [0.25, 0.3) is 11.1 Å². The monoisotopic (exact) mass is 370 g/mol. The first-order chi connectivity index (χ1) is 12.8. The van der Waals surface area contributed by atoms with Crippen molar-refractivity contribution in [2.24, 2.45) is 5.92 Å². The fraction of sp³-hybridized carbons (Fsp3) is 0.455. The van der Waals surface area contributed by atoms with Gasteiger partial charge in [-0.25, -0.2) is 0 Å². The van der Waals surface area contributed by atoms with Gasteiger partial charge in [-0.15, -0.1) is 11.8 Å². The maximum Gasteiger partial charge on any atom is 0.231 e. The number of hydrogen-bond donors (Lipinski definition) is 1. The van der Waals surface area contributed by atoms with Crippen molar-refractivity contribution >= 4 is 11.8 Å². The summed E-state index contributed by atoms with van der Waals surface area (Å²) in [6.45, 7) is 0.253. The largest absolute Gasteiger partial charge is 0.454 e. The first-order valence-electron chi connectivity index (χ1n) is 9.52. The maximum atomic E-state index is 11.2. The molecule has 4 heteroatoms. The molecular formula is C22H26O3S. The van der Waals surface area contributed by atoms with Crippen molar-refractivity contribution in [3.63, 3.8) is 0 Å². The van der Waals surface area contributed by atoms with E-state index in [1.807, 2.05) is 12.1 Å². The molecule has 2 aromatic carbocycles. The second kappa shape index (κ2) is 7.93. The van der Waals surface area contributed by atoms with E-state index in [0.717, 1.165) is 41.0 Å². The molecule has 1 heterocycles. The van der Waals surface area contributed by atoms with Crippen LogP contribution in [0.4, 0.5) is 0 Å². The lowest BCUT2D eigenvalue weighted by atomic mass is 9.85. The molecule has 1 aliphatic heterocycles. The zero-order chi connectivity index (χ0) is 17.9. The van der Waals surface area contributed by atoms with E-state index in [2.05, 4.69) is 30.5 Å². The lowest BCUT2D eigenvalue weighted by Gasteiger charge is -2.24. The highest BCUT2D eigenvalue weighted by Crippen LogP contribution is 2.44. The maximum absolute atomic E-state index is 11.2. The van der Waals surface area contributed by atoms with Crippen LogP contribution >= 0.6 is 11.8 Å². The highest BCUT2D eigenvalue weighted by molar-refractivity contribution is 7.98. The highest BCUT2D eigenvalue weighted by atomic mass is 32.2. The van der Waals surface area contributed by atoms with Crippen LogP contribution in [-0.4, -0.2) is 18.2 Å². The smallest absolute Gasteiger partial charge is 0.231 e. The lowest BCUT2D eigenvalue weighted by molar-refractivity contribution is 0.0990. The van der Waals surface area contributed by atoms with Crippen molar-refractivity contribution < 1.29 is 14.6 Å². The van der Waals surface area contributed by atoms with Crippen molar-refractivity contribution in [2.75, 3.05) is 13.0 Å². The minimum Gasteiger partial charge on any atom is -0.454 e. The molecule has 3 nitrogen and oxygen atoms in total. The summed E-state index contributed by atoms with van der Waals surface area (Å²) >= 11 is 1.73. The Morgan fingerprint density at radius 2 is 1.62 bits per heavy atom. The van der Waals surface area contributed by atoms with Gasteiger partial charge in [-0.05, 0) is 66.0 Å². The Hall–Kier alpha value is -1.65. The Morgan fingerprint density at radius 3 is 2.27 bits per heavy atom. The van der Waals surface area contributed by atoms with Gasteiger partial charge in [-0.2, -0.15) is 0 Å². The van der Waals surface area contributed by atoms with Gasteiger partial charge in [-0.1, -0.05) is 37.8 Å². The molecule has 0 radical (unpaired) electrons. The summed E-state index contributed by atoms with van der Waals surface area (Å²) in [5, 5.41) is 11.2. The van der Waals surface area contributed by atoms with Gasteiger partial charge in [0.1, 0.15) is 0 Å². The van der Waals surface area contributed by atoms with Gasteiger partial charge in [0.05, 0.1) is 6.10 Å². The predicted octanol–water partition coefficient (Wildman–Crippen LogP) is 5.81. The lowest BCUT2D eigenvalue weighted by Crippen LogP contribution is -2.13. The van der Waals surface area contributed by atoms with Crippen LogP contribution < -0.4 is 9.47 Å². The van der Waals surface area contributed by atoms with Crippen LogP contribution in [0.5, 0.6) is 11.5 Å². The second-order valence-corrected chi connectivity index (χ2v) is 8.10. The van der Waals surface area contributed by atoms with E-state index >= 15 is 0 Å². The Morgan fingerprint density at radius 1 is 0.962 bits per heavy atom. The van der Waals surface area contributed by atoms with Crippen LogP contribution in [0, 0.1) is 5.92 Å². The average molecular weight is 371 g/mol. The van der Waals surface area contributed by atoms with E-state index in [1.54, 1.807) is 11.8 Å². The predicted molar refractivity (Wildman–Crippen MR) is 106 cm³/mol. The Kier molecular flexibility index (Phi) is 5.41. The fourth-order valence-electron chi connectivity index (χ4n) is 4.10. The van der Waals surface area contributed by atoms with Gasteiger partial charge >= 0.3 is 0 Å². The molecule has 0 spiro atoms. The highest BCUT2D eigenvalue weighted by Gasteiger charge is 2.27. The molecule has 26 heavy (non-hydrogen) atoms. The molecule has 0 aromatic heterocycles. The third-order valence-electron chi connectivity index (χ3n) is 5.61. The number of hydrogen-bond acceptors (Lipinski definition) is 4. The molecule has 0 amide bonds. The summed E-state index contributed by atoms with van der Waals surface area (Å²) in [7, 11) is 0. The second-order valence-electron chi connectivity index (χ2n) is 7.22. The summed E-state index contributed by atoms with van der Waals surface area (Å²) in [5.74, 6) is 1.84. The molecule has 1 aliphatic carbocycles. The van der Waals surface area contributed by atoms with Gasteiger partial charge in [-0.3, -0.25) is 0 Å². The van der Waals surface area contributed by atoms with E-state index in [0.29, 0.717) is 5.92 Å². The molecular weight excluding hydrogens is 344 g/mol. The van der Waals surface area contributed by atoms with Crippen LogP contribution in [0.1, 0.15) is 50.2 Å². The molecule has 0 saturated heterocycles. The van der Waals surface area contributed by atoms with Crippen LogP contribution in [0.2, 0.25) is 0 Å². The minimum absolute atomic E-state index is 0.253. The molecule has 2 aromatic rings. The summed E-state index contributed by atoms with van der Waals surface area (Å²) in [5.41, 5.74) is 3.14. The number of rotatable bonds is 4. The third-order valence-corrected chi connectivity index (χ3v) is 6.35. The number of thioether (sulfide) groups is 1. The first-order valence-corrected chi connectivity index (χ1v) is 10.7. The van der Waals surface area contributed by atoms with E-state index in [9.17, 15) is 5.11 Å². The number of fused-ring (bicyclic) bond motifs is 1. The van der Waals surface area contributed by atoms with Gasteiger partial charge in [0.2, 0.25) is 6.79 Å². The molecule has 4 rings (SSSR count). The van der Waals surface area contributed by atoms with E-state index < -0.39 is 6.10 Å². The number of aliphatic hydroxyl groups excluding tert-OH is 1. The Balaban J connectivity index is 1.74. The third kappa shape index (κ3) is 3.58. The van der Waals surface area contributed by atoms with Crippen LogP contribution in [0.3, 0.4) is 0 Å². The van der Waals surface area contributed by atoms with Crippen molar-refractivity contribution in [3.8, 4) is 22.6 Å². The molecule has 1 saturated carbocycles. The SMILES string of the molecule is CSc1ccc(-c2cc3c(cc2C(O)C2CCCCCC2)OCO3)cc1. The summed E-state index contributed by atoms with van der Waals surface area (Å²) in [6.07, 6.45) is 8.81. The number of aliphatic hydroxyl groups is 1. The summed E-state index contributed by atoms with van der Waals surface area (Å²) in [6, 6.07) is 12.6. The average Bonchev–Trinajstić information content (AvgIpc) is 2.97. The number of ether oxygens (including phenoxy) is 2. The number of benzene rings is 2. The Labute approximate surface area is 159 Å². The van der Waals surface area contributed by atoms with Crippen molar-refractivity contribution in [2.45, 2.75) is 49.5 Å².